The molecule has 9 heteroatoms. The summed E-state index contributed by atoms with van der Waals surface area (Å²) in [5.41, 5.74) is -0.130. The summed E-state index contributed by atoms with van der Waals surface area (Å²) in [7, 11) is 0. The highest BCUT2D eigenvalue weighted by molar-refractivity contribution is 8.00. The average Bonchev–Trinajstić information content (AvgIpc) is 2.51. The Morgan fingerprint density at radius 1 is 1.43 bits per heavy atom. The number of carboxylic acids is 1. The quantitative estimate of drug-likeness (QED) is 0.421. The number of nitrogens with one attached hydrogen (secondary N) is 1. The van der Waals surface area contributed by atoms with Crippen LogP contribution in [0, 0.1) is 16.0 Å². The number of carboxylic acid groups (broad SMARTS) is 1. The molecule has 0 radical (unpaired) electrons. The summed E-state index contributed by atoms with van der Waals surface area (Å²) in [5.74, 6) is -1.67. The lowest BCUT2D eigenvalue weighted by molar-refractivity contribution is -0.385. The van der Waals surface area contributed by atoms with E-state index in [1.165, 1.54) is 12.1 Å². The van der Waals surface area contributed by atoms with Crippen molar-refractivity contribution in [2.45, 2.75) is 43.5 Å². The number of hydrogen-bond acceptors (Lipinski definition) is 6. The zero-order chi connectivity index (χ0) is 17.6. The molecule has 8 nitrogen and oxygen atoms in total. The molecular weight excluding hydrogens is 322 g/mol. The number of nitrogens with zero attached hydrogens (tertiary/aromatic N) is 2. The van der Waals surface area contributed by atoms with Gasteiger partial charge in [-0.2, -0.15) is 0 Å². The molecule has 0 aliphatic heterocycles. The Labute approximate surface area is 137 Å². The molecule has 126 valence electrons. The van der Waals surface area contributed by atoms with Crippen LogP contribution >= 0.6 is 11.8 Å². The van der Waals surface area contributed by atoms with E-state index in [1.807, 2.05) is 6.92 Å². The van der Waals surface area contributed by atoms with Crippen molar-refractivity contribution in [1.29, 1.82) is 0 Å². The van der Waals surface area contributed by atoms with Crippen molar-refractivity contribution in [2.75, 3.05) is 0 Å². The Hall–Kier alpha value is -2.16. The molecule has 3 unspecified atom stereocenters. The van der Waals surface area contributed by atoms with E-state index in [0.29, 0.717) is 11.4 Å². The molecule has 0 saturated carbocycles. The van der Waals surface area contributed by atoms with Crippen molar-refractivity contribution in [3.63, 3.8) is 0 Å². The number of rotatable bonds is 8. The van der Waals surface area contributed by atoms with Gasteiger partial charge in [-0.3, -0.25) is 14.9 Å². The fraction of sp³-hybridized carbons (Fsp3) is 0.500. The minimum absolute atomic E-state index is 0.130. The lowest BCUT2D eigenvalue weighted by Gasteiger charge is -2.21. The van der Waals surface area contributed by atoms with Gasteiger partial charge in [0.2, 0.25) is 5.91 Å². The normalized spacial score (nSPS) is 14.6. The highest BCUT2D eigenvalue weighted by Crippen LogP contribution is 2.23. The fourth-order valence-corrected chi connectivity index (χ4v) is 2.54. The summed E-state index contributed by atoms with van der Waals surface area (Å²) in [6.07, 6.45) is 1.74. The van der Waals surface area contributed by atoms with Crippen LogP contribution < -0.4 is 5.32 Å². The van der Waals surface area contributed by atoms with Crippen LogP contribution in [0.5, 0.6) is 0 Å². The molecule has 0 aromatic carbocycles. The molecular formula is C14H19N3O5S. The van der Waals surface area contributed by atoms with Crippen LogP contribution in [-0.2, 0) is 9.59 Å². The van der Waals surface area contributed by atoms with E-state index in [9.17, 15) is 24.8 Å². The molecule has 0 spiro atoms. The number of carbonyl (C=O) groups is 2. The van der Waals surface area contributed by atoms with Crippen LogP contribution in [0.3, 0.4) is 0 Å². The molecule has 23 heavy (non-hydrogen) atoms. The summed E-state index contributed by atoms with van der Waals surface area (Å²) in [6.45, 7) is 5.24. The van der Waals surface area contributed by atoms with Gasteiger partial charge in [0.05, 0.1) is 15.2 Å². The first-order chi connectivity index (χ1) is 10.8. The van der Waals surface area contributed by atoms with Gasteiger partial charge in [-0.1, -0.05) is 32.0 Å². The third-order valence-electron chi connectivity index (χ3n) is 3.38. The summed E-state index contributed by atoms with van der Waals surface area (Å²) >= 11 is 1.11. The zero-order valence-corrected chi connectivity index (χ0v) is 13.9. The fourth-order valence-electron chi connectivity index (χ4n) is 1.74. The maximum absolute atomic E-state index is 12.1. The number of hydrogen-bond donors (Lipinski definition) is 2. The number of aliphatic carboxylic acids is 1. The van der Waals surface area contributed by atoms with Crippen LogP contribution in [0.15, 0.2) is 23.4 Å². The highest BCUT2D eigenvalue weighted by atomic mass is 32.2. The molecule has 3 atom stereocenters. The van der Waals surface area contributed by atoms with Crippen LogP contribution in [0.4, 0.5) is 5.69 Å². The Morgan fingerprint density at radius 3 is 2.52 bits per heavy atom. The van der Waals surface area contributed by atoms with Gasteiger partial charge in [0.15, 0.2) is 0 Å². The standard InChI is InChI=1S/C14H19N3O5S/c1-4-8(2)12(14(19)20)16-13(18)9(3)23-11-6-5-10(7-15-11)17(21)22/h5-9,12H,4H2,1-3H3,(H,16,18)(H,19,20). The predicted molar refractivity (Wildman–Crippen MR) is 85.2 cm³/mol. The number of carbonyl (C=O) groups excluding carboxylic acids is 1. The monoisotopic (exact) mass is 341 g/mol. The first-order valence-electron chi connectivity index (χ1n) is 7.06. The van der Waals surface area contributed by atoms with Crippen LogP contribution in [0.1, 0.15) is 27.2 Å². The van der Waals surface area contributed by atoms with Gasteiger partial charge in [0.25, 0.3) is 5.69 Å². The Balaban J connectivity index is 2.69. The third kappa shape index (κ3) is 5.51. The number of aromatic nitrogens is 1. The van der Waals surface area contributed by atoms with E-state index in [1.54, 1.807) is 13.8 Å². The van der Waals surface area contributed by atoms with E-state index in [0.717, 1.165) is 18.0 Å². The number of amides is 1. The molecule has 1 aromatic heterocycles. The van der Waals surface area contributed by atoms with Crippen molar-refractivity contribution in [3.05, 3.63) is 28.4 Å². The number of pyridine rings is 1. The average molecular weight is 341 g/mol. The molecule has 0 saturated heterocycles. The van der Waals surface area contributed by atoms with Crippen LogP contribution in [0.2, 0.25) is 0 Å². The molecule has 0 aliphatic carbocycles. The van der Waals surface area contributed by atoms with E-state index in [4.69, 9.17) is 0 Å². The van der Waals surface area contributed by atoms with Gasteiger partial charge < -0.3 is 10.4 Å². The molecule has 1 amide bonds. The van der Waals surface area contributed by atoms with E-state index in [2.05, 4.69) is 10.3 Å². The zero-order valence-electron chi connectivity index (χ0n) is 13.1. The minimum atomic E-state index is -1.07. The molecule has 0 aliphatic rings. The molecule has 1 rings (SSSR count). The largest absolute Gasteiger partial charge is 0.480 e. The lowest BCUT2D eigenvalue weighted by Crippen LogP contribution is -2.47. The molecule has 1 heterocycles. The van der Waals surface area contributed by atoms with Crippen molar-refractivity contribution in [1.82, 2.24) is 10.3 Å². The van der Waals surface area contributed by atoms with Crippen LogP contribution in [-0.4, -0.2) is 38.2 Å². The second kappa shape index (κ2) is 8.47. The van der Waals surface area contributed by atoms with Gasteiger partial charge in [0.1, 0.15) is 12.2 Å². The van der Waals surface area contributed by atoms with Crippen molar-refractivity contribution in [3.8, 4) is 0 Å². The molecule has 0 fully saturated rings. The molecule has 2 N–H and O–H groups in total. The molecule has 1 aromatic rings. The molecule has 0 bridgehead atoms. The first-order valence-corrected chi connectivity index (χ1v) is 7.94. The van der Waals surface area contributed by atoms with Crippen molar-refractivity contribution < 1.29 is 19.6 Å². The van der Waals surface area contributed by atoms with Crippen molar-refractivity contribution >= 4 is 29.3 Å². The topological polar surface area (TPSA) is 122 Å². The van der Waals surface area contributed by atoms with E-state index >= 15 is 0 Å². The highest BCUT2D eigenvalue weighted by Gasteiger charge is 2.27. The SMILES string of the molecule is CCC(C)C(NC(=O)C(C)Sc1ccc([N+](=O)[O-])cn1)C(=O)O. The predicted octanol–water partition coefficient (Wildman–Crippen LogP) is 2.09. The summed E-state index contributed by atoms with van der Waals surface area (Å²) in [4.78, 5) is 37.3. The minimum Gasteiger partial charge on any atom is -0.480 e. The van der Waals surface area contributed by atoms with Gasteiger partial charge in [-0.05, 0) is 18.9 Å². The van der Waals surface area contributed by atoms with E-state index in [-0.39, 0.29) is 11.6 Å². The second-order valence-corrected chi connectivity index (χ2v) is 6.44. The third-order valence-corrected chi connectivity index (χ3v) is 4.43. The Bertz CT molecular complexity index is 578. The van der Waals surface area contributed by atoms with Crippen LogP contribution in [0.25, 0.3) is 0 Å². The lowest BCUT2D eigenvalue weighted by atomic mass is 9.99. The first kappa shape index (κ1) is 18.9. The Morgan fingerprint density at radius 2 is 2.09 bits per heavy atom. The maximum Gasteiger partial charge on any atom is 0.326 e. The van der Waals surface area contributed by atoms with Gasteiger partial charge in [0, 0.05) is 6.07 Å². The number of nitro groups is 1. The van der Waals surface area contributed by atoms with Gasteiger partial charge in [-0.25, -0.2) is 9.78 Å². The summed E-state index contributed by atoms with van der Waals surface area (Å²) in [6, 6.07) is 1.81. The summed E-state index contributed by atoms with van der Waals surface area (Å²) < 4.78 is 0. The number of thioether (sulfide) groups is 1. The smallest absolute Gasteiger partial charge is 0.326 e. The van der Waals surface area contributed by atoms with E-state index < -0.39 is 28.1 Å². The second-order valence-electron chi connectivity index (χ2n) is 5.08. The van der Waals surface area contributed by atoms with Gasteiger partial charge >= 0.3 is 5.97 Å². The Kier molecular flexibility index (Phi) is 6.95. The maximum atomic E-state index is 12.1. The van der Waals surface area contributed by atoms with Gasteiger partial charge in [-0.15, -0.1) is 0 Å². The summed E-state index contributed by atoms with van der Waals surface area (Å²) in [5, 5.41) is 22.1. The van der Waals surface area contributed by atoms with Crippen molar-refractivity contribution in [2.24, 2.45) is 5.92 Å².